The van der Waals surface area contributed by atoms with Crippen LogP contribution in [0.3, 0.4) is 0 Å². The van der Waals surface area contributed by atoms with E-state index < -0.39 is 0 Å². The van der Waals surface area contributed by atoms with E-state index in [0.29, 0.717) is 18.1 Å². The molecule has 0 aliphatic carbocycles. The van der Waals surface area contributed by atoms with E-state index in [4.69, 9.17) is 11.6 Å². The first-order valence-corrected chi connectivity index (χ1v) is 8.65. The van der Waals surface area contributed by atoms with Gasteiger partial charge in [0.1, 0.15) is 11.5 Å². The Morgan fingerprint density at radius 1 is 1.08 bits per heavy atom. The molecule has 0 aliphatic heterocycles. The fraction of sp³-hybridized carbons (Fsp3) is 0.150. The average Bonchev–Trinajstić information content (AvgIpc) is 2.68. The Kier molecular flexibility index (Phi) is 5.81. The van der Waals surface area contributed by atoms with E-state index in [1.54, 1.807) is 18.1 Å². The van der Waals surface area contributed by atoms with Crippen molar-refractivity contribution in [2.24, 2.45) is 0 Å². The summed E-state index contributed by atoms with van der Waals surface area (Å²) in [6.07, 6.45) is 3.88. The molecule has 1 N–H and O–H groups in total. The van der Waals surface area contributed by atoms with Crippen molar-refractivity contribution in [1.29, 1.82) is 0 Å². The molecule has 1 heterocycles. The summed E-state index contributed by atoms with van der Waals surface area (Å²) in [5.74, 6) is 0.431. The summed E-state index contributed by atoms with van der Waals surface area (Å²) in [6.45, 7) is 0.701. The van der Waals surface area contributed by atoms with Crippen LogP contribution in [-0.2, 0) is 6.42 Å². The van der Waals surface area contributed by atoms with Gasteiger partial charge in [-0.15, -0.1) is 0 Å². The molecule has 5 nitrogen and oxygen atoms in total. The summed E-state index contributed by atoms with van der Waals surface area (Å²) in [7, 11) is 1.72. The van der Waals surface area contributed by atoms with Gasteiger partial charge in [-0.1, -0.05) is 41.9 Å². The fourth-order valence-corrected chi connectivity index (χ4v) is 2.71. The number of aromatic nitrogens is 2. The van der Waals surface area contributed by atoms with E-state index >= 15 is 0 Å². The highest BCUT2D eigenvalue weighted by Gasteiger charge is 2.15. The maximum Gasteiger partial charge on any atom is 0.278 e. The molecule has 3 rings (SSSR count). The summed E-state index contributed by atoms with van der Waals surface area (Å²) in [5, 5.41) is 3.93. The predicted molar refractivity (Wildman–Crippen MR) is 105 cm³/mol. The SMILES string of the molecule is CN(C(=O)c1cnc(NCCc2cccc(Cl)c2)cn1)c1ccccc1. The fourth-order valence-electron chi connectivity index (χ4n) is 2.50. The van der Waals surface area contributed by atoms with Gasteiger partial charge in [-0.05, 0) is 36.2 Å². The van der Waals surface area contributed by atoms with Crippen molar-refractivity contribution in [1.82, 2.24) is 9.97 Å². The topological polar surface area (TPSA) is 58.1 Å². The van der Waals surface area contributed by atoms with Crippen LogP contribution in [0.25, 0.3) is 0 Å². The van der Waals surface area contributed by atoms with E-state index in [1.165, 1.54) is 6.20 Å². The number of rotatable bonds is 6. The van der Waals surface area contributed by atoms with E-state index in [9.17, 15) is 4.79 Å². The first-order valence-electron chi connectivity index (χ1n) is 8.27. The van der Waals surface area contributed by atoms with Gasteiger partial charge in [0.2, 0.25) is 0 Å². The lowest BCUT2D eigenvalue weighted by Crippen LogP contribution is -2.27. The highest BCUT2D eigenvalue weighted by atomic mass is 35.5. The minimum atomic E-state index is -0.200. The van der Waals surface area contributed by atoms with Crippen molar-refractivity contribution in [3.63, 3.8) is 0 Å². The van der Waals surface area contributed by atoms with Gasteiger partial charge in [0.25, 0.3) is 5.91 Å². The van der Waals surface area contributed by atoms with Crippen LogP contribution in [-0.4, -0.2) is 29.5 Å². The number of amides is 1. The van der Waals surface area contributed by atoms with Crippen molar-refractivity contribution in [2.75, 3.05) is 23.8 Å². The highest BCUT2D eigenvalue weighted by Crippen LogP contribution is 2.14. The minimum absolute atomic E-state index is 0.200. The number of nitrogens with one attached hydrogen (secondary N) is 1. The molecule has 0 spiro atoms. The molecule has 26 heavy (non-hydrogen) atoms. The van der Waals surface area contributed by atoms with Gasteiger partial charge >= 0.3 is 0 Å². The van der Waals surface area contributed by atoms with Crippen molar-refractivity contribution in [3.05, 3.63) is 83.3 Å². The minimum Gasteiger partial charge on any atom is -0.368 e. The molecule has 0 saturated carbocycles. The number of halogens is 1. The Hall–Kier alpha value is -2.92. The number of nitrogens with zero attached hydrogens (tertiary/aromatic N) is 3. The number of carbonyl (C=O) groups is 1. The van der Waals surface area contributed by atoms with Crippen molar-refractivity contribution in [3.8, 4) is 0 Å². The van der Waals surface area contributed by atoms with Gasteiger partial charge in [-0.25, -0.2) is 9.97 Å². The van der Waals surface area contributed by atoms with Crippen molar-refractivity contribution >= 4 is 29.0 Å². The molecule has 0 bridgehead atoms. The quantitative estimate of drug-likeness (QED) is 0.714. The molecular formula is C20H19ClN4O. The Bertz CT molecular complexity index is 868. The zero-order valence-electron chi connectivity index (χ0n) is 14.4. The lowest BCUT2D eigenvalue weighted by atomic mass is 10.1. The van der Waals surface area contributed by atoms with Crippen LogP contribution in [0.5, 0.6) is 0 Å². The van der Waals surface area contributed by atoms with Gasteiger partial charge in [-0.2, -0.15) is 0 Å². The molecule has 1 aromatic heterocycles. The van der Waals surface area contributed by atoms with Gasteiger partial charge in [-0.3, -0.25) is 4.79 Å². The first-order chi connectivity index (χ1) is 12.6. The lowest BCUT2D eigenvalue weighted by Gasteiger charge is -2.16. The summed E-state index contributed by atoms with van der Waals surface area (Å²) >= 11 is 5.98. The summed E-state index contributed by atoms with van der Waals surface area (Å²) in [4.78, 5) is 22.5. The third-order valence-electron chi connectivity index (χ3n) is 3.93. The van der Waals surface area contributed by atoms with Crippen LogP contribution < -0.4 is 10.2 Å². The molecule has 0 atom stereocenters. The van der Waals surface area contributed by atoms with Crippen molar-refractivity contribution < 1.29 is 4.79 Å². The Labute approximate surface area is 157 Å². The van der Waals surface area contributed by atoms with Crippen LogP contribution in [0, 0.1) is 0 Å². The maximum absolute atomic E-state index is 12.5. The first kappa shape index (κ1) is 17.9. The summed E-state index contributed by atoms with van der Waals surface area (Å²) < 4.78 is 0. The normalized spacial score (nSPS) is 10.4. The average molecular weight is 367 g/mol. The zero-order valence-corrected chi connectivity index (χ0v) is 15.1. The molecule has 3 aromatic rings. The largest absolute Gasteiger partial charge is 0.368 e. The van der Waals surface area contributed by atoms with Crippen LogP contribution in [0.1, 0.15) is 16.1 Å². The lowest BCUT2D eigenvalue weighted by molar-refractivity contribution is 0.0988. The van der Waals surface area contributed by atoms with Crippen LogP contribution in [0.4, 0.5) is 11.5 Å². The number of para-hydroxylation sites is 1. The molecule has 0 saturated heterocycles. The summed E-state index contributed by atoms with van der Waals surface area (Å²) in [6, 6.07) is 17.2. The Morgan fingerprint density at radius 2 is 1.88 bits per heavy atom. The van der Waals surface area contributed by atoms with Gasteiger partial charge in [0.05, 0.1) is 12.4 Å². The number of hydrogen-bond acceptors (Lipinski definition) is 4. The number of carbonyl (C=O) groups excluding carboxylic acids is 1. The monoisotopic (exact) mass is 366 g/mol. The van der Waals surface area contributed by atoms with E-state index in [1.807, 2.05) is 54.6 Å². The second-order valence-corrected chi connectivity index (χ2v) is 6.23. The van der Waals surface area contributed by atoms with Crippen LogP contribution in [0.2, 0.25) is 5.02 Å². The van der Waals surface area contributed by atoms with Gasteiger partial charge < -0.3 is 10.2 Å². The predicted octanol–water partition coefficient (Wildman–Crippen LogP) is 4.06. The maximum atomic E-state index is 12.5. The molecular weight excluding hydrogens is 348 g/mol. The van der Waals surface area contributed by atoms with Crippen LogP contribution >= 0.6 is 11.6 Å². The molecule has 132 valence electrons. The molecule has 1 amide bonds. The molecule has 0 aliphatic rings. The number of hydrogen-bond donors (Lipinski definition) is 1. The van der Waals surface area contributed by atoms with Crippen LogP contribution in [0.15, 0.2) is 67.0 Å². The third kappa shape index (κ3) is 4.58. The second kappa shape index (κ2) is 8.45. The smallest absolute Gasteiger partial charge is 0.278 e. The zero-order chi connectivity index (χ0) is 18.4. The highest BCUT2D eigenvalue weighted by molar-refractivity contribution is 6.30. The Balaban J connectivity index is 1.57. The Morgan fingerprint density at radius 3 is 2.58 bits per heavy atom. The van der Waals surface area contributed by atoms with E-state index in [-0.39, 0.29) is 5.91 Å². The molecule has 6 heteroatoms. The molecule has 0 unspecified atom stereocenters. The van der Waals surface area contributed by atoms with E-state index in [2.05, 4.69) is 15.3 Å². The second-order valence-electron chi connectivity index (χ2n) is 5.79. The standard InChI is InChI=1S/C20H19ClN4O/c1-25(17-8-3-2-4-9-17)20(26)18-13-24-19(14-23-18)22-11-10-15-6-5-7-16(21)12-15/h2-9,12-14H,10-11H2,1H3,(H,22,24). The molecule has 0 radical (unpaired) electrons. The van der Waals surface area contributed by atoms with Gasteiger partial charge in [0.15, 0.2) is 0 Å². The number of benzene rings is 2. The summed E-state index contributed by atoms with van der Waals surface area (Å²) in [5.41, 5.74) is 2.26. The van der Waals surface area contributed by atoms with E-state index in [0.717, 1.165) is 22.7 Å². The third-order valence-corrected chi connectivity index (χ3v) is 4.16. The van der Waals surface area contributed by atoms with Gasteiger partial charge in [0, 0.05) is 24.3 Å². The molecule has 0 fully saturated rings. The molecule has 2 aromatic carbocycles. The van der Waals surface area contributed by atoms with Crippen molar-refractivity contribution in [2.45, 2.75) is 6.42 Å². The number of anilines is 2.